The van der Waals surface area contributed by atoms with Crippen molar-refractivity contribution in [3.63, 3.8) is 0 Å². The monoisotopic (exact) mass is 354 g/mol. The summed E-state index contributed by atoms with van der Waals surface area (Å²) in [5.41, 5.74) is 2.93. The number of hydrogen-bond donors (Lipinski definition) is 3. The maximum Gasteiger partial charge on any atom is 0.326 e. The van der Waals surface area contributed by atoms with Gasteiger partial charge in [-0.1, -0.05) is 50.8 Å². The first-order valence-electron chi connectivity index (χ1n) is 8.43. The van der Waals surface area contributed by atoms with Gasteiger partial charge >= 0.3 is 6.03 Å². The van der Waals surface area contributed by atoms with E-state index in [4.69, 9.17) is 0 Å². The van der Waals surface area contributed by atoms with E-state index in [9.17, 15) is 4.79 Å². The molecule has 0 saturated carbocycles. The summed E-state index contributed by atoms with van der Waals surface area (Å²) in [5.74, 6) is 0.504. The van der Waals surface area contributed by atoms with Gasteiger partial charge in [0.2, 0.25) is 0 Å². The van der Waals surface area contributed by atoms with Crippen LogP contribution in [0.4, 0.5) is 10.5 Å². The molecule has 6 heteroatoms. The fourth-order valence-corrected chi connectivity index (χ4v) is 2.38. The lowest BCUT2D eigenvalue weighted by Gasteiger charge is -2.14. The number of nitrogens with one attached hydrogen (secondary N) is 3. The highest BCUT2D eigenvalue weighted by atomic mass is 35.5. The molecule has 3 N–H and O–H groups in total. The predicted molar refractivity (Wildman–Crippen MR) is 105 cm³/mol. The smallest absolute Gasteiger partial charge is 0.326 e. The van der Waals surface area contributed by atoms with Crippen molar-refractivity contribution in [1.82, 2.24) is 10.6 Å². The number of para-hydroxylation sites is 1. The van der Waals surface area contributed by atoms with E-state index in [1.165, 1.54) is 25.7 Å². The summed E-state index contributed by atoms with van der Waals surface area (Å²) in [6, 6.07) is 5.66. The minimum absolute atomic E-state index is 0. The summed E-state index contributed by atoms with van der Waals surface area (Å²) in [6.45, 7) is 6.98. The number of carbonyl (C=O) groups excluding carboxylic acids is 1. The van der Waals surface area contributed by atoms with Crippen LogP contribution in [0.3, 0.4) is 0 Å². The quantitative estimate of drug-likeness (QED) is 0.386. The molecule has 0 fully saturated rings. The number of unbranched alkanes of at least 4 members (excludes halogenated alkanes) is 4. The highest BCUT2D eigenvalue weighted by Gasteiger charge is 2.08. The number of aryl methyl sites for hydroxylation is 2. The number of carbonyl (C=O) groups is 1. The standard InChI is InChI=1S/C18H30N4O.ClH/c1-5-6-7-8-9-13-20-17(19-4)22-18(23)21-16-14(2)11-10-12-15(16)3;/h10-12H,5-9,13H2,1-4H3,(H3,19,20,21,22,23);1H. The molecule has 0 aromatic heterocycles. The van der Waals surface area contributed by atoms with Gasteiger partial charge in [-0.2, -0.15) is 0 Å². The van der Waals surface area contributed by atoms with E-state index < -0.39 is 0 Å². The van der Waals surface area contributed by atoms with Crippen LogP contribution in [0.15, 0.2) is 23.2 Å². The number of urea groups is 1. The summed E-state index contributed by atoms with van der Waals surface area (Å²) in [7, 11) is 1.67. The number of benzene rings is 1. The normalized spacial score (nSPS) is 10.8. The molecule has 0 spiro atoms. The third-order valence-corrected chi connectivity index (χ3v) is 3.75. The van der Waals surface area contributed by atoms with Crippen LogP contribution in [0.5, 0.6) is 0 Å². The van der Waals surface area contributed by atoms with Gasteiger partial charge in [0, 0.05) is 19.3 Å². The molecule has 1 aromatic carbocycles. The molecule has 0 aliphatic carbocycles. The van der Waals surface area contributed by atoms with Crippen molar-refractivity contribution < 1.29 is 4.79 Å². The van der Waals surface area contributed by atoms with Crippen LogP contribution in [0.25, 0.3) is 0 Å². The molecule has 0 aliphatic heterocycles. The van der Waals surface area contributed by atoms with Crippen molar-refractivity contribution in [3.05, 3.63) is 29.3 Å². The molecule has 5 nitrogen and oxygen atoms in total. The second-order valence-electron chi connectivity index (χ2n) is 5.76. The van der Waals surface area contributed by atoms with E-state index in [2.05, 4.69) is 27.9 Å². The zero-order valence-electron chi connectivity index (χ0n) is 15.2. The van der Waals surface area contributed by atoms with E-state index in [1.807, 2.05) is 32.0 Å². The fourth-order valence-electron chi connectivity index (χ4n) is 2.38. The van der Waals surface area contributed by atoms with Crippen molar-refractivity contribution in [2.75, 3.05) is 18.9 Å². The lowest BCUT2D eigenvalue weighted by molar-refractivity contribution is 0.256. The zero-order valence-corrected chi connectivity index (χ0v) is 16.1. The van der Waals surface area contributed by atoms with Crippen LogP contribution in [0, 0.1) is 13.8 Å². The molecular weight excluding hydrogens is 324 g/mol. The highest BCUT2D eigenvalue weighted by Crippen LogP contribution is 2.18. The second kappa shape index (κ2) is 12.6. The summed E-state index contributed by atoms with van der Waals surface area (Å²) < 4.78 is 0. The van der Waals surface area contributed by atoms with Crippen LogP contribution in [0.2, 0.25) is 0 Å². The molecule has 1 aromatic rings. The van der Waals surface area contributed by atoms with Gasteiger partial charge in [0.15, 0.2) is 5.96 Å². The Morgan fingerprint density at radius 1 is 1.08 bits per heavy atom. The van der Waals surface area contributed by atoms with E-state index in [0.29, 0.717) is 5.96 Å². The van der Waals surface area contributed by atoms with Crippen LogP contribution >= 0.6 is 12.4 Å². The van der Waals surface area contributed by atoms with Gasteiger partial charge in [-0.05, 0) is 31.4 Å². The van der Waals surface area contributed by atoms with Gasteiger partial charge in [-0.3, -0.25) is 10.3 Å². The van der Waals surface area contributed by atoms with Crippen molar-refractivity contribution in [2.45, 2.75) is 52.9 Å². The Morgan fingerprint density at radius 3 is 2.29 bits per heavy atom. The Morgan fingerprint density at radius 2 is 1.71 bits per heavy atom. The van der Waals surface area contributed by atoms with Gasteiger partial charge in [-0.25, -0.2) is 4.79 Å². The zero-order chi connectivity index (χ0) is 17.1. The van der Waals surface area contributed by atoms with E-state index in [0.717, 1.165) is 29.8 Å². The maximum absolute atomic E-state index is 12.1. The van der Waals surface area contributed by atoms with E-state index in [1.54, 1.807) is 7.05 Å². The predicted octanol–water partition coefficient (Wildman–Crippen LogP) is 4.39. The number of amides is 2. The third-order valence-electron chi connectivity index (χ3n) is 3.75. The average Bonchev–Trinajstić information content (AvgIpc) is 2.53. The Balaban J connectivity index is 0.00000529. The number of guanidine groups is 1. The molecule has 0 saturated heterocycles. The topological polar surface area (TPSA) is 65.5 Å². The molecule has 0 aliphatic rings. The molecular formula is C18H31ClN4O. The molecule has 1 rings (SSSR count). The number of hydrogen-bond acceptors (Lipinski definition) is 2. The van der Waals surface area contributed by atoms with Gasteiger partial charge in [0.25, 0.3) is 0 Å². The van der Waals surface area contributed by atoms with Crippen LogP contribution in [-0.2, 0) is 0 Å². The summed E-state index contributed by atoms with van der Waals surface area (Å²) in [4.78, 5) is 16.2. The Hall–Kier alpha value is -1.75. The lowest BCUT2D eigenvalue weighted by Crippen LogP contribution is -2.43. The molecule has 0 unspecified atom stereocenters. The molecule has 136 valence electrons. The molecule has 24 heavy (non-hydrogen) atoms. The van der Waals surface area contributed by atoms with Gasteiger partial charge in [-0.15, -0.1) is 12.4 Å². The minimum Gasteiger partial charge on any atom is -0.356 e. The summed E-state index contributed by atoms with van der Waals surface area (Å²) >= 11 is 0. The van der Waals surface area contributed by atoms with E-state index in [-0.39, 0.29) is 18.4 Å². The van der Waals surface area contributed by atoms with Crippen LogP contribution in [0.1, 0.15) is 50.2 Å². The summed E-state index contributed by atoms with van der Waals surface area (Å²) in [6.07, 6.45) is 6.07. The SMILES string of the molecule is CCCCCCCNC(=NC)NC(=O)Nc1c(C)cccc1C.Cl. The third kappa shape index (κ3) is 8.20. The van der Waals surface area contributed by atoms with Crippen molar-refractivity contribution in [2.24, 2.45) is 4.99 Å². The molecule has 2 amide bonds. The van der Waals surface area contributed by atoms with E-state index >= 15 is 0 Å². The number of halogens is 1. The lowest BCUT2D eigenvalue weighted by atomic mass is 10.1. The Bertz CT molecular complexity index is 512. The molecule has 0 bridgehead atoms. The molecule has 0 radical (unpaired) electrons. The fraction of sp³-hybridized carbons (Fsp3) is 0.556. The second-order valence-corrected chi connectivity index (χ2v) is 5.76. The number of aliphatic imine (C=N–C) groups is 1. The number of rotatable bonds is 7. The first-order valence-corrected chi connectivity index (χ1v) is 8.43. The summed E-state index contributed by atoms with van der Waals surface area (Å²) in [5, 5.41) is 8.82. The van der Waals surface area contributed by atoms with Crippen molar-refractivity contribution in [1.29, 1.82) is 0 Å². The maximum atomic E-state index is 12.1. The van der Waals surface area contributed by atoms with Crippen LogP contribution < -0.4 is 16.0 Å². The number of nitrogens with zero attached hydrogens (tertiary/aromatic N) is 1. The first kappa shape index (κ1) is 22.2. The number of anilines is 1. The average molecular weight is 355 g/mol. The first-order chi connectivity index (χ1) is 11.1. The van der Waals surface area contributed by atoms with Gasteiger partial charge in [0.1, 0.15) is 0 Å². The van der Waals surface area contributed by atoms with Crippen molar-refractivity contribution in [3.8, 4) is 0 Å². The minimum atomic E-state index is -0.276. The Kier molecular flexibility index (Phi) is 11.7. The molecule has 0 atom stereocenters. The highest BCUT2D eigenvalue weighted by molar-refractivity contribution is 6.02. The van der Waals surface area contributed by atoms with Crippen molar-refractivity contribution >= 4 is 30.1 Å². The Labute approximate surface area is 152 Å². The van der Waals surface area contributed by atoms with Gasteiger partial charge in [0.05, 0.1) is 0 Å². The molecule has 0 heterocycles. The largest absolute Gasteiger partial charge is 0.356 e. The van der Waals surface area contributed by atoms with Gasteiger partial charge < -0.3 is 10.6 Å². The van der Waals surface area contributed by atoms with Crippen LogP contribution in [-0.4, -0.2) is 25.6 Å².